The Bertz CT molecular complexity index is 441. The molecule has 1 aliphatic carbocycles. The summed E-state index contributed by atoms with van der Waals surface area (Å²) in [5, 5.41) is 12.4. The first-order chi connectivity index (χ1) is 8.61. The van der Waals surface area contributed by atoms with Crippen molar-refractivity contribution >= 4 is 11.7 Å². The zero-order valence-corrected chi connectivity index (χ0v) is 10.8. The van der Waals surface area contributed by atoms with Crippen LogP contribution in [-0.2, 0) is 0 Å². The van der Waals surface area contributed by atoms with E-state index in [9.17, 15) is 4.79 Å². The van der Waals surface area contributed by atoms with Crippen molar-refractivity contribution in [2.75, 3.05) is 19.0 Å². The average molecular weight is 249 g/mol. The van der Waals surface area contributed by atoms with Crippen molar-refractivity contribution in [3.8, 4) is 5.75 Å². The van der Waals surface area contributed by atoms with Crippen LogP contribution in [0.25, 0.3) is 0 Å². The van der Waals surface area contributed by atoms with E-state index in [0.717, 1.165) is 12.5 Å². The molecule has 1 saturated carbocycles. The number of anilines is 1. The van der Waals surface area contributed by atoms with Crippen LogP contribution in [0.5, 0.6) is 5.75 Å². The van der Waals surface area contributed by atoms with E-state index in [1.54, 1.807) is 25.3 Å². The van der Waals surface area contributed by atoms with Gasteiger partial charge in [-0.1, -0.05) is 6.92 Å². The SMILES string of the molecule is COc1ccc(C(=O)O)c(NCC(C)C2CC2)c1. The molecule has 1 fully saturated rings. The van der Waals surface area contributed by atoms with Gasteiger partial charge in [-0.25, -0.2) is 4.79 Å². The van der Waals surface area contributed by atoms with Gasteiger partial charge in [-0.2, -0.15) is 0 Å². The number of carboxylic acid groups (broad SMARTS) is 1. The van der Waals surface area contributed by atoms with Gasteiger partial charge in [0.15, 0.2) is 0 Å². The van der Waals surface area contributed by atoms with Crippen LogP contribution < -0.4 is 10.1 Å². The Hall–Kier alpha value is -1.71. The Morgan fingerprint density at radius 2 is 2.28 bits per heavy atom. The normalized spacial score (nSPS) is 16.1. The van der Waals surface area contributed by atoms with Crippen molar-refractivity contribution in [2.24, 2.45) is 11.8 Å². The lowest BCUT2D eigenvalue weighted by atomic mass is 10.1. The summed E-state index contributed by atoms with van der Waals surface area (Å²) in [5.41, 5.74) is 0.924. The Labute approximate surface area is 107 Å². The number of benzene rings is 1. The molecular weight excluding hydrogens is 230 g/mol. The fourth-order valence-electron chi connectivity index (χ4n) is 2.09. The van der Waals surface area contributed by atoms with Crippen LogP contribution in [-0.4, -0.2) is 24.7 Å². The largest absolute Gasteiger partial charge is 0.497 e. The molecule has 0 radical (unpaired) electrons. The fourth-order valence-corrected chi connectivity index (χ4v) is 2.09. The smallest absolute Gasteiger partial charge is 0.337 e. The van der Waals surface area contributed by atoms with Crippen molar-refractivity contribution in [1.82, 2.24) is 0 Å². The maximum absolute atomic E-state index is 11.1. The van der Waals surface area contributed by atoms with E-state index < -0.39 is 5.97 Å². The number of methoxy groups -OCH3 is 1. The summed E-state index contributed by atoms with van der Waals surface area (Å²) in [7, 11) is 1.58. The van der Waals surface area contributed by atoms with Crippen LogP contribution in [0.1, 0.15) is 30.1 Å². The second kappa shape index (κ2) is 5.29. The lowest BCUT2D eigenvalue weighted by Crippen LogP contribution is -2.15. The Morgan fingerprint density at radius 3 is 2.83 bits per heavy atom. The third kappa shape index (κ3) is 2.94. The van der Waals surface area contributed by atoms with Crippen molar-refractivity contribution in [3.63, 3.8) is 0 Å². The molecule has 18 heavy (non-hydrogen) atoms. The van der Waals surface area contributed by atoms with E-state index in [1.165, 1.54) is 12.8 Å². The zero-order valence-electron chi connectivity index (χ0n) is 10.8. The van der Waals surface area contributed by atoms with Gasteiger partial charge < -0.3 is 15.2 Å². The Kier molecular flexibility index (Phi) is 3.75. The highest BCUT2D eigenvalue weighted by atomic mass is 16.5. The molecule has 0 heterocycles. The van der Waals surface area contributed by atoms with Crippen molar-refractivity contribution in [1.29, 1.82) is 0 Å². The topological polar surface area (TPSA) is 58.6 Å². The van der Waals surface area contributed by atoms with Gasteiger partial charge >= 0.3 is 5.97 Å². The summed E-state index contributed by atoms with van der Waals surface area (Å²) in [6.45, 7) is 3.00. The highest BCUT2D eigenvalue weighted by molar-refractivity contribution is 5.94. The Balaban J connectivity index is 2.09. The van der Waals surface area contributed by atoms with Gasteiger partial charge in [-0.3, -0.25) is 0 Å². The molecule has 2 rings (SSSR count). The van der Waals surface area contributed by atoms with Crippen molar-refractivity contribution in [2.45, 2.75) is 19.8 Å². The molecule has 4 heteroatoms. The van der Waals surface area contributed by atoms with E-state index in [2.05, 4.69) is 12.2 Å². The molecule has 1 atom stereocenters. The van der Waals surface area contributed by atoms with Crippen molar-refractivity contribution in [3.05, 3.63) is 23.8 Å². The summed E-state index contributed by atoms with van der Waals surface area (Å²) >= 11 is 0. The molecule has 1 unspecified atom stereocenters. The molecule has 0 amide bonds. The maximum atomic E-state index is 11.1. The molecule has 4 nitrogen and oxygen atoms in total. The number of carbonyl (C=O) groups is 1. The number of aromatic carboxylic acids is 1. The van der Waals surface area contributed by atoms with E-state index in [-0.39, 0.29) is 0 Å². The number of carboxylic acids is 1. The predicted molar refractivity (Wildman–Crippen MR) is 70.3 cm³/mol. The summed E-state index contributed by atoms with van der Waals surface area (Å²) in [6.07, 6.45) is 2.60. The minimum atomic E-state index is -0.917. The molecular formula is C14H19NO3. The van der Waals surface area contributed by atoms with Crippen LogP contribution in [0.2, 0.25) is 0 Å². The first-order valence-corrected chi connectivity index (χ1v) is 6.27. The van der Waals surface area contributed by atoms with E-state index >= 15 is 0 Å². The van der Waals surface area contributed by atoms with Gasteiger partial charge in [0.1, 0.15) is 5.75 Å². The molecule has 0 aliphatic heterocycles. The van der Waals surface area contributed by atoms with Crippen LogP contribution in [0.4, 0.5) is 5.69 Å². The first-order valence-electron chi connectivity index (χ1n) is 6.27. The molecule has 1 aromatic carbocycles. The zero-order chi connectivity index (χ0) is 13.1. The third-order valence-corrected chi connectivity index (χ3v) is 3.50. The fraction of sp³-hybridized carbons (Fsp3) is 0.500. The van der Waals surface area contributed by atoms with Gasteiger partial charge in [-0.15, -0.1) is 0 Å². The average Bonchev–Trinajstić information content (AvgIpc) is 3.19. The number of hydrogen-bond donors (Lipinski definition) is 2. The van der Waals surface area contributed by atoms with Gasteiger partial charge in [0.25, 0.3) is 0 Å². The number of rotatable bonds is 6. The number of hydrogen-bond acceptors (Lipinski definition) is 3. The first kappa shape index (κ1) is 12.7. The van der Waals surface area contributed by atoms with Gasteiger partial charge in [0.05, 0.1) is 18.4 Å². The van der Waals surface area contributed by atoms with Crippen LogP contribution in [0, 0.1) is 11.8 Å². The minimum Gasteiger partial charge on any atom is -0.497 e. The summed E-state index contributed by atoms with van der Waals surface area (Å²) < 4.78 is 5.12. The van der Waals surface area contributed by atoms with Crippen molar-refractivity contribution < 1.29 is 14.6 Å². The summed E-state index contributed by atoms with van der Waals surface area (Å²) in [6, 6.07) is 4.98. The molecule has 0 bridgehead atoms. The molecule has 1 aromatic rings. The third-order valence-electron chi connectivity index (χ3n) is 3.50. The monoisotopic (exact) mass is 249 g/mol. The van der Waals surface area contributed by atoms with Gasteiger partial charge in [-0.05, 0) is 36.8 Å². The lowest BCUT2D eigenvalue weighted by Gasteiger charge is -2.15. The molecule has 1 aliphatic rings. The van der Waals surface area contributed by atoms with E-state index in [0.29, 0.717) is 22.9 Å². The lowest BCUT2D eigenvalue weighted by molar-refractivity contribution is 0.0698. The molecule has 2 N–H and O–H groups in total. The highest BCUT2D eigenvalue weighted by Crippen LogP contribution is 2.36. The van der Waals surface area contributed by atoms with Gasteiger partial charge in [0.2, 0.25) is 0 Å². The summed E-state index contributed by atoms with van der Waals surface area (Å²) in [4.78, 5) is 11.1. The van der Waals surface area contributed by atoms with Gasteiger partial charge in [0, 0.05) is 12.6 Å². The summed E-state index contributed by atoms with van der Waals surface area (Å²) in [5.74, 6) is 1.13. The minimum absolute atomic E-state index is 0.291. The standard InChI is InChI=1S/C14H19NO3/c1-9(10-3-4-10)8-15-13-7-11(18-2)5-6-12(13)14(16)17/h5-7,9-10,15H,3-4,8H2,1-2H3,(H,16,17). The second-order valence-electron chi connectivity index (χ2n) is 4.91. The number of nitrogens with one attached hydrogen (secondary N) is 1. The predicted octanol–water partition coefficient (Wildman–Crippen LogP) is 2.85. The quantitative estimate of drug-likeness (QED) is 0.814. The van der Waals surface area contributed by atoms with E-state index in [1.807, 2.05) is 0 Å². The molecule has 0 saturated heterocycles. The molecule has 0 aromatic heterocycles. The van der Waals surface area contributed by atoms with Crippen LogP contribution >= 0.6 is 0 Å². The van der Waals surface area contributed by atoms with Crippen LogP contribution in [0.15, 0.2) is 18.2 Å². The maximum Gasteiger partial charge on any atom is 0.337 e. The number of ether oxygens (including phenoxy) is 1. The van der Waals surface area contributed by atoms with E-state index in [4.69, 9.17) is 9.84 Å². The van der Waals surface area contributed by atoms with Crippen LogP contribution in [0.3, 0.4) is 0 Å². The Morgan fingerprint density at radius 1 is 1.56 bits per heavy atom. The highest BCUT2D eigenvalue weighted by Gasteiger charge is 2.27. The molecule has 0 spiro atoms. The second-order valence-corrected chi connectivity index (χ2v) is 4.91. The molecule has 98 valence electrons.